The SMILES string of the molecule is c1ccc(-c2c(-c3ccccc3)c3cc(N(c4ccc5c(ccc6ccccc65)c4)c4ccc5c6ccccc6n(-c6ccc7ccccc7c6)c5c4)ccc3c3ccccc23)cc1. The molecule has 13 aromatic rings. The van der Waals surface area contributed by atoms with Gasteiger partial charge in [0.1, 0.15) is 0 Å². The van der Waals surface area contributed by atoms with E-state index < -0.39 is 0 Å². The summed E-state index contributed by atoms with van der Waals surface area (Å²) in [6.45, 7) is 0. The molecule has 0 aliphatic rings. The van der Waals surface area contributed by atoms with E-state index in [4.69, 9.17) is 0 Å². The van der Waals surface area contributed by atoms with Crippen molar-refractivity contribution in [1.29, 1.82) is 0 Å². The van der Waals surface area contributed by atoms with Gasteiger partial charge in [-0.25, -0.2) is 0 Å². The lowest BCUT2D eigenvalue weighted by Gasteiger charge is -2.27. The Morgan fingerprint density at radius 3 is 1.50 bits per heavy atom. The molecule has 64 heavy (non-hydrogen) atoms. The molecule has 0 radical (unpaired) electrons. The number of para-hydroxylation sites is 1. The molecule has 0 saturated heterocycles. The lowest BCUT2D eigenvalue weighted by molar-refractivity contribution is 1.18. The van der Waals surface area contributed by atoms with E-state index in [0.29, 0.717) is 0 Å². The summed E-state index contributed by atoms with van der Waals surface area (Å²) in [6, 6.07) is 89.3. The Morgan fingerprint density at radius 1 is 0.250 bits per heavy atom. The number of anilines is 3. The van der Waals surface area contributed by atoms with Gasteiger partial charge in [-0.3, -0.25) is 0 Å². The van der Waals surface area contributed by atoms with Crippen molar-refractivity contribution in [2.24, 2.45) is 0 Å². The minimum Gasteiger partial charge on any atom is -0.310 e. The molecule has 0 spiro atoms. The third-order valence-corrected chi connectivity index (χ3v) is 13.3. The summed E-state index contributed by atoms with van der Waals surface area (Å²) in [6.07, 6.45) is 0. The van der Waals surface area contributed by atoms with Gasteiger partial charge in [0.2, 0.25) is 0 Å². The first-order valence-electron chi connectivity index (χ1n) is 22.1. The molecule has 0 N–H and O–H groups in total. The fraction of sp³-hybridized carbons (Fsp3) is 0. The molecule has 12 aromatic carbocycles. The van der Waals surface area contributed by atoms with Gasteiger partial charge in [-0.05, 0) is 131 Å². The summed E-state index contributed by atoms with van der Waals surface area (Å²) >= 11 is 0. The van der Waals surface area contributed by atoms with Crippen molar-refractivity contribution in [1.82, 2.24) is 4.57 Å². The molecule has 13 rings (SSSR count). The second kappa shape index (κ2) is 14.6. The normalized spacial score (nSPS) is 11.8. The molecule has 1 aromatic heterocycles. The zero-order valence-corrected chi connectivity index (χ0v) is 35.0. The number of hydrogen-bond acceptors (Lipinski definition) is 1. The lowest BCUT2D eigenvalue weighted by Crippen LogP contribution is -2.10. The molecule has 0 unspecified atom stereocenters. The summed E-state index contributed by atoms with van der Waals surface area (Å²) < 4.78 is 2.44. The van der Waals surface area contributed by atoms with E-state index in [1.165, 1.54) is 92.4 Å². The van der Waals surface area contributed by atoms with Crippen molar-refractivity contribution in [2.45, 2.75) is 0 Å². The van der Waals surface area contributed by atoms with Crippen molar-refractivity contribution in [3.8, 4) is 27.9 Å². The number of fused-ring (bicyclic) bond motifs is 10. The highest BCUT2D eigenvalue weighted by Gasteiger charge is 2.22. The Balaban J connectivity index is 1.11. The van der Waals surface area contributed by atoms with Crippen LogP contribution in [0.3, 0.4) is 0 Å². The molecule has 2 heteroatoms. The van der Waals surface area contributed by atoms with Crippen molar-refractivity contribution in [3.63, 3.8) is 0 Å². The summed E-state index contributed by atoms with van der Waals surface area (Å²) in [7, 11) is 0. The Hall–Kier alpha value is -8.46. The summed E-state index contributed by atoms with van der Waals surface area (Å²) in [5, 5.41) is 14.8. The summed E-state index contributed by atoms with van der Waals surface area (Å²) in [5.41, 5.74) is 11.6. The monoisotopic (exact) mass is 812 g/mol. The van der Waals surface area contributed by atoms with Crippen molar-refractivity contribution >= 4 is 92.7 Å². The number of nitrogens with zero attached hydrogens (tertiary/aromatic N) is 2. The largest absolute Gasteiger partial charge is 0.310 e. The van der Waals surface area contributed by atoms with Crippen LogP contribution >= 0.6 is 0 Å². The number of aromatic nitrogens is 1. The van der Waals surface area contributed by atoms with Gasteiger partial charge in [0.25, 0.3) is 0 Å². The van der Waals surface area contributed by atoms with Crippen LogP contribution in [0.25, 0.3) is 104 Å². The van der Waals surface area contributed by atoms with Crippen LogP contribution < -0.4 is 4.90 Å². The third kappa shape index (κ3) is 5.73. The first-order valence-corrected chi connectivity index (χ1v) is 22.1. The van der Waals surface area contributed by atoms with Crippen molar-refractivity contribution < 1.29 is 0 Å². The van der Waals surface area contributed by atoms with Gasteiger partial charge in [0.15, 0.2) is 0 Å². The minimum absolute atomic E-state index is 1.09. The smallest absolute Gasteiger partial charge is 0.0561 e. The van der Waals surface area contributed by atoms with E-state index in [2.05, 4.69) is 252 Å². The molecule has 0 fully saturated rings. The van der Waals surface area contributed by atoms with Gasteiger partial charge < -0.3 is 9.47 Å². The summed E-state index contributed by atoms with van der Waals surface area (Å²) in [4.78, 5) is 2.46. The van der Waals surface area contributed by atoms with Crippen LogP contribution in [-0.4, -0.2) is 4.57 Å². The van der Waals surface area contributed by atoms with Crippen LogP contribution in [-0.2, 0) is 0 Å². The van der Waals surface area contributed by atoms with E-state index in [9.17, 15) is 0 Å². The Bertz CT molecular complexity index is 3960. The van der Waals surface area contributed by atoms with Crippen LogP contribution in [0.2, 0.25) is 0 Å². The van der Waals surface area contributed by atoms with Gasteiger partial charge in [0.05, 0.1) is 11.0 Å². The predicted molar refractivity (Wildman–Crippen MR) is 274 cm³/mol. The van der Waals surface area contributed by atoms with Gasteiger partial charge in [-0.1, -0.05) is 188 Å². The van der Waals surface area contributed by atoms with Gasteiger partial charge >= 0.3 is 0 Å². The molecule has 0 aliphatic carbocycles. The topological polar surface area (TPSA) is 8.17 Å². The highest BCUT2D eigenvalue weighted by atomic mass is 15.1. The van der Waals surface area contributed by atoms with Crippen LogP contribution in [0.1, 0.15) is 0 Å². The fourth-order valence-corrected chi connectivity index (χ4v) is 10.4. The zero-order chi connectivity index (χ0) is 42.1. The number of hydrogen-bond donors (Lipinski definition) is 0. The lowest BCUT2D eigenvalue weighted by atomic mass is 9.85. The van der Waals surface area contributed by atoms with Crippen LogP contribution in [0.4, 0.5) is 17.1 Å². The number of benzene rings is 12. The molecule has 0 bridgehead atoms. The molecular weight excluding hydrogens is 773 g/mol. The van der Waals surface area contributed by atoms with Crippen molar-refractivity contribution in [2.75, 3.05) is 4.90 Å². The highest BCUT2D eigenvalue weighted by molar-refractivity contribution is 6.22. The van der Waals surface area contributed by atoms with Crippen molar-refractivity contribution in [3.05, 3.63) is 243 Å². The Morgan fingerprint density at radius 2 is 0.734 bits per heavy atom. The quantitative estimate of drug-likeness (QED) is 0.152. The van der Waals surface area contributed by atoms with E-state index in [-0.39, 0.29) is 0 Å². The standard InChI is InChI=1S/C62H40N2/c1-3-17-43(18-4-1)61-57-25-12-11-23-53(57)54-35-32-49(39-58(54)62(61)44-19-5-2-6-20-44)63(47-31-34-52-46(38-47)28-27-42-16-9-10-22-51(42)52)50-33-36-56-55-24-13-14-26-59(55)64(60(56)40-50)48-30-29-41-15-7-8-21-45(41)37-48/h1-40H. The maximum Gasteiger partial charge on any atom is 0.0561 e. The first-order chi connectivity index (χ1) is 31.7. The highest BCUT2D eigenvalue weighted by Crippen LogP contribution is 2.48. The van der Waals surface area contributed by atoms with E-state index >= 15 is 0 Å². The second-order valence-corrected chi connectivity index (χ2v) is 16.9. The molecule has 0 amide bonds. The average Bonchev–Trinajstić information content (AvgIpc) is 3.70. The fourth-order valence-electron chi connectivity index (χ4n) is 10.4. The van der Waals surface area contributed by atoms with Crippen LogP contribution in [0.15, 0.2) is 243 Å². The Labute approximate surface area is 371 Å². The maximum atomic E-state index is 2.46. The van der Waals surface area contributed by atoms with E-state index in [1.807, 2.05) is 0 Å². The van der Waals surface area contributed by atoms with E-state index in [0.717, 1.165) is 28.3 Å². The molecule has 0 aliphatic heterocycles. The van der Waals surface area contributed by atoms with Crippen LogP contribution in [0.5, 0.6) is 0 Å². The molecule has 298 valence electrons. The molecule has 2 nitrogen and oxygen atoms in total. The minimum atomic E-state index is 1.09. The van der Waals surface area contributed by atoms with Crippen LogP contribution in [0, 0.1) is 0 Å². The third-order valence-electron chi connectivity index (χ3n) is 13.3. The first kappa shape index (κ1) is 36.2. The Kier molecular flexibility index (Phi) is 8.25. The average molecular weight is 813 g/mol. The number of rotatable bonds is 6. The molecular formula is C62H40N2. The van der Waals surface area contributed by atoms with Gasteiger partial charge in [0, 0.05) is 33.5 Å². The molecule has 0 atom stereocenters. The van der Waals surface area contributed by atoms with Gasteiger partial charge in [-0.2, -0.15) is 0 Å². The maximum absolute atomic E-state index is 2.46. The van der Waals surface area contributed by atoms with Gasteiger partial charge in [-0.15, -0.1) is 0 Å². The summed E-state index contributed by atoms with van der Waals surface area (Å²) in [5.74, 6) is 0. The second-order valence-electron chi connectivity index (χ2n) is 16.9. The predicted octanol–water partition coefficient (Wildman–Crippen LogP) is 17.4. The zero-order valence-electron chi connectivity index (χ0n) is 35.0. The molecule has 0 saturated carbocycles. The molecule has 1 heterocycles. The van der Waals surface area contributed by atoms with E-state index in [1.54, 1.807) is 0 Å².